The fourth-order valence-electron chi connectivity index (χ4n) is 1.42. The Balaban J connectivity index is 2.51. The van der Waals surface area contributed by atoms with Crippen molar-refractivity contribution in [2.45, 2.75) is 4.90 Å². The molecule has 0 saturated carbocycles. The standard InChI is InChI=1S/C13H16BrNO4S/c1-19-7-6-15(8-13(17)18)12(16)9-20-11-4-2-10(14)3-5-11/h2-5H,6-9H2,1H3,(H,17,18). The maximum atomic E-state index is 12.0. The second kappa shape index (κ2) is 8.99. The van der Waals surface area contributed by atoms with Gasteiger partial charge in [-0.25, -0.2) is 0 Å². The third-order valence-corrected chi connectivity index (χ3v) is 3.95. The summed E-state index contributed by atoms with van der Waals surface area (Å²) in [6.07, 6.45) is 0. The Kier molecular flexibility index (Phi) is 7.64. The monoisotopic (exact) mass is 361 g/mol. The number of amides is 1. The molecule has 0 saturated heterocycles. The number of carbonyl (C=O) groups is 2. The minimum absolute atomic E-state index is 0.207. The van der Waals surface area contributed by atoms with E-state index in [9.17, 15) is 9.59 Å². The number of carboxylic acid groups (broad SMARTS) is 1. The summed E-state index contributed by atoms with van der Waals surface area (Å²) in [7, 11) is 1.51. The second-order valence-corrected chi connectivity index (χ2v) is 5.91. The molecule has 1 aromatic rings. The molecule has 0 unspecified atom stereocenters. The molecular formula is C13H16BrNO4S. The minimum atomic E-state index is -1.02. The van der Waals surface area contributed by atoms with Crippen molar-refractivity contribution in [2.75, 3.05) is 32.6 Å². The molecule has 1 amide bonds. The van der Waals surface area contributed by atoms with E-state index in [1.165, 1.54) is 23.8 Å². The van der Waals surface area contributed by atoms with Crippen LogP contribution in [0.25, 0.3) is 0 Å². The zero-order valence-electron chi connectivity index (χ0n) is 11.0. The number of methoxy groups -OCH3 is 1. The van der Waals surface area contributed by atoms with Crippen molar-refractivity contribution < 1.29 is 19.4 Å². The third-order valence-electron chi connectivity index (χ3n) is 2.42. The summed E-state index contributed by atoms with van der Waals surface area (Å²) < 4.78 is 5.85. The van der Waals surface area contributed by atoms with E-state index in [-0.39, 0.29) is 24.7 Å². The fraction of sp³-hybridized carbons (Fsp3) is 0.385. The summed E-state index contributed by atoms with van der Waals surface area (Å²) >= 11 is 4.72. The van der Waals surface area contributed by atoms with Crippen molar-refractivity contribution in [3.63, 3.8) is 0 Å². The lowest BCUT2D eigenvalue weighted by molar-refractivity contribution is -0.143. The van der Waals surface area contributed by atoms with Crippen LogP contribution in [0.5, 0.6) is 0 Å². The van der Waals surface area contributed by atoms with Crippen LogP contribution in [0.2, 0.25) is 0 Å². The van der Waals surface area contributed by atoms with Crippen molar-refractivity contribution >= 4 is 39.6 Å². The van der Waals surface area contributed by atoms with Gasteiger partial charge in [-0.05, 0) is 24.3 Å². The predicted octanol–water partition coefficient (Wildman–Crippen LogP) is 2.10. The van der Waals surface area contributed by atoms with Gasteiger partial charge in [-0.1, -0.05) is 15.9 Å². The molecule has 0 fully saturated rings. The number of carbonyl (C=O) groups excluding carboxylic acids is 1. The van der Waals surface area contributed by atoms with Gasteiger partial charge in [0.05, 0.1) is 12.4 Å². The number of rotatable bonds is 8. The van der Waals surface area contributed by atoms with E-state index in [1.807, 2.05) is 24.3 Å². The van der Waals surface area contributed by atoms with Crippen LogP contribution in [0.4, 0.5) is 0 Å². The van der Waals surface area contributed by atoms with Crippen molar-refractivity contribution in [2.24, 2.45) is 0 Å². The topological polar surface area (TPSA) is 66.8 Å². The average molecular weight is 362 g/mol. The highest BCUT2D eigenvalue weighted by molar-refractivity contribution is 9.10. The summed E-state index contributed by atoms with van der Waals surface area (Å²) in [5, 5.41) is 8.80. The summed E-state index contributed by atoms with van der Waals surface area (Å²) in [5.41, 5.74) is 0. The first kappa shape index (κ1) is 17.0. The molecule has 0 spiro atoms. The van der Waals surface area contributed by atoms with Crippen molar-refractivity contribution in [3.8, 4) is 0 Å². The van der Waals surface area contributed by atoms with Gasteiger partial charge in [0, 0.05) is 23.0 Å². The van der Waals surface area contributed by atoms with E-state index >= 15 is 0 Å². The zero-order valence-corrected chi connectivity index (χ0v) is 13.4. The zero-order chi connectivity index (χ0) is 15.0. The van der Waals surface area contributed by atoms with Crippen LogP contribution in [0.15, 0.2) is 33.6 Å². The summed E-state index contributed by atoms with van der Waals surface area (Å²) in [6, 6.07) is 7.59. The van der Waals surface area contributed by atoms with Gasteiger partial charge in [0.15, 0.2) is 0 Å². The number of thioether (sulfide) groups is 1. The summed E-state index contributed by atoms with van der Waals surface area (Å²) in [5.74, 6) is -1.03. The summed E-state index contributed by atoms with van der Waals surface area (Å²) in [4.78, 5) is 25.0. The molecular weight excluding hydrogens is 346 g/mol. The number of benzene rings is 1. The second-order valence-electron chi connectivity index (χ2n) is 3.94. The van der Waals surface area contributed by atoms with Crippen LogP contribution in [0.1, 0.15) is 0 Å². The molecule has 0 bridgehead atoms. The normalized spacial score (nSPS) is 10.3. The van der Waals surface area contributed by atoms with Crippen LogP contribution in [-0.2, 0) is 14.3 Å². The Hall–Kier alpha value is -1.05. The number of nitrogens with zero attached hydrogens (tertiary/aromatic N) is 1. The van der Waals surface area contributed by atoms with Crippen LogP contribution in [-0.4, -0.2) is 54.4 Å². The average Bonchev–Trinajstić information content (AvgIpc) is 2.42. The van der Waals surface area contributed by atoms with E-state index in [4.69, 9.17) is 9.84 Å². The van der Waals surface area contributed by atoms with Gasteiger partial charge in [0.1, 0.15) is 6.54 Å². The van der Waals surface area contributed by atoms with Crippen molar-refractivity contribution in [1.29, 1.82) is 0 Å². The fourth-order valence-corrected chi connectivity index (χ4v) is 2.49. The van der Waals surface area contributed by atoms with E-state index in [0.717, 1.165) is 9.37 Å². The van der Waals surface area contributed by atoms with Gasteiger partial charge in [-0.15, -0.1) is 11.8 Å². The van der Waals surface area contributed by atoms with E-state index in [1.54, 1.807) is 0 Å². The Morgan fingerprint density at radius 1 is 1.35 bits per heavy atom. The Morgan fingerprint density at radius 2 is 2.00 bits per heavy atom. The van der Waals surface area contributed by atoms with Gasteiger partial charge in [-0.2, -0.15) is 0 Å². The lowest BCUT2D eigenvalue weighted by Gasteiger charge is -2.20. The SMILES string of the molecule is COCCN(CC(=O)O)C(=O)CSc1ccc(Br)cc1. The first-order chi connectivity index (χ1) is 9.52. The molecule has 110 valence electrons. The van der Waals surface area contributed by atoms with Crippen LogP contribution < -0.4 is 0 Å². The highest BCUT2D eigenvalue weighted by atomic mass is 79.9. The molecule has 0 aliphatic rings. The van der Waals surface area contributed by atoms with Crippen molar-refractivity contribution in [3.05, 3.63) is 28.7 Å². The largest absolute Gasteiger partial charge is 0.480 e. The van der Waals surface area contributed by atoms with E-state index in [0.29, 0.717) is 6.61 Å². The number of ether oxygens (including phenoxy) is 1. The first-order valence-electron chi connectivity index (χ1n) is 5.90. The summed E-state index contributed by atoms with van der Waals surface area (Å²) in [6.45, 7) is 0.299. The van der Waals surface area contributed by atoms with Gasteiger partial charge in [-0.3, -0.25) is 9.59 Å². The number of carboxylic acids is 1. The van der Waals surface area contributed by atoms with Crippen LogP contribution >= 0.6 is 27.7 Å². The smallest absolute Gasteiger partial charge is 0.323 e. The molecule has 0 atom stereocenters. The molecule has 1 rings (SSSR count). The van der Waals surface area contributed by atoms with Gasteiger partial charge in [0.25, 0.3) is 0 Å². The molecule has 20 heavy (non-hydrogen) atoms. The van der Waals surface area contributed by atoms with Gasteiger partial charge in [0.2, 0.25) is 5.91 Å². The highest BCUT2D eigenvalue weighted by Crippen LogP contribution is 2.20. The maximum absolute atomic E-state index is 12.0. The Bertz CT molecular complexity index is 452. The molecule has 0 aliphatic heterocycles. The molecule has 7 heteroatoms. The Morgan fingerprint density at radius 3 is 2.55 bits per heavy atom. The molecule has 1 aromatic carbocycles. The Labute approximate surface area is 130 Å². The lowest BCUT2D eigenvalue weighted by Crippen LogP contribution is -2.39. The molecule has 5 nitrogen and oxygen atoms in total. The first-order valence-corrected chi connectivity index (χ1v) is 7.67. The third kappa shape index (κ3) is 6.40. The molecule has 0 heterocycles. The highest BCUT2D eigenvalue weighted by Gasteiger charge is 2.16. The number of hydrogen-bond donors (Lipinski definition) is 1. The maximum Gasteiger partial charge on any atom is 0.323 e. The lowest BCUT2D eigenvalue weighted by atomic mass is 10.4. The quantitative estimate of drug-likeness (QED) is 0.718. The predicted molar refractivity (Wildman–Crippen MR) is 81.0 cm³/mol. The number of halogens is 1. The minimum Gasteiger partial charge on any atom is -0.480 e. The van der Waals surface area contributed by atoms with Gasteiger partial charge >= 0.3 is 5.97 Å². The van der Waals surface area contributed by atoms with Crippen molar-refractivity contribution in [1.82, 2.24) is 4.90 Å². The van der Waals surface area contributed by atoms with E-state index < -0.39 is 5.97 Å². The van der Waals surface area contributed by atoms with Crippen LogP contribution in [0, 0.1) is 0 Å². The molecule has 0 aliphatic carbocycles. The molecule has 0 radical (unpaired) electrons. The molecule has 0 aromatic heterocycles. The number of hydrogen-bond acceptors (Lipinski definition) is 4. The van der Waals surface area contributed by atoms with Crippen LogP contribution in [0.3, 0.4) is 0 Å². The molecule has 1 N–H and O–H groups in total. The number of aliphatic carboxylic acids is 1. The van der Waals surface area contributed by atoms with Gasteiger partial charge < -0.3 is 14.7 Å². The van der Waals surface area contributed by atoms with E-state index in [2.05, 4.69) is 15.9 Å².